The number of amides is 2. The monoisotopic (exact) mass is 403 g/mol. The highest BCUT2D eigenvalue weighted by molar-refractivity contribution is 5.90. The quantitative estimate of drug-likeness (QED) is 0.507. The van der Waals surface area contributed by atoms with Gasteiger partial charge in [-0.05, 0) is 44.4 Å². The van der Waals surface area contributed by atoms with Crippen LogP contribution in [0.1, 0.15) is 35.8 Å². The van der Waals surface area contributed by atoms with Crippen molar-refractivity contribution in [1.82, 2.24) is 14.4 Å². The van der Waals surface area contributed by atoms with E-state index in [0.29, 0.717) is 32.3 Å². The molecule has 0 N–H and O–H groups in total. The summed E-state index contributed by atoms with van der Waals surface area (Å²) in [4.78, 5) is 39.3. The standard InChI is InChI=1S/C21H29N3O5/c1-15-12-17(16(2)24(15)18-5-6-18)4-7-21(27)29-14-20(26)22(3)13-19(25)23-8-10-28-11-9-23/h4,7,12,18H,5-6,8-11,13-14H2,1-3H3/b7-4+. The van der Waals surface area contributed by atoms with Crippen molar-refractivity contribution >= 4 is 23.9 Å². The molecule has 1 aliphatic carbocycles. The van der Waals surface area contributed by atoms with Crippen molar-refractivity contribution in [1.29, 1.82) is 0 Å². The minimum Gasteiger partial charge on any atom is -0.452 e. The number of rotatable bonds is 7. The summed E-state index contributed by atoms with van der Waals surface area (Å²) in [6.07, 6.45) is 5.46. The van der Waals surface area contributed by atoms with Gasteiger partial charge >= 0.3 is 5.97 Å². The second kappa shape index (κ2) is 9.26. The molecule has 0 unspecified atom stereocenters. The lowest BCUT2D eigenvalue weighted by atomic mass is 10.2. The van der Waals surface area contributed by atoms with Crippen LogP contribution in [0.2, 0.25) is 0 Å². The van der Waals surface area contributed by atoms with Gasteiger partial charge in [-0.15, -0.1) is 0 Å². The van der Waals surface area contributed by atoms with Gasteiger partial charge in [0.05, 0.1) is 19.8 Å². The van der Waals surface area contributed by atoms with Crippen molar-refractivity contribution < 1.29 is 23.9 Å². The Morgan fingerprint density at radius 2 is 1.93 bits per heavy atom. The maximum Gasteiger partial charge on any atom is 0.331 e. The Labute approximate surface area is 171 Å². The van der Waals surface area contributed by atoms with E-state index in [1.807, 2.05) is 13.0 Å². The van der Waals surface area contributed by atoms with E-state index in [1.165, 1.54) is 36.6 Å². The van der Waals surface area contributed by atoms with E-state index >= 15 is 0 Å². The Balaban J connectivity index is 1.44. The molecule has 1 saturated heterocycles. The molecule has 0 spiro atoms. The number of hydrogen-bond donors (Lipinski definition) is 0. The fourth-order valence-electron chi connectivity index (χ4n) is 3.52. The van der Waals surface area contributed by atoms with Crippen LogP contribution in [0.4, 0.5) is 0 Å². The van der Waals surface area contributed by atoms with Crippen LogP contribution >= 0.6 is 0 Å². The molecule has 29 heavy (non-hydrogen) atoms. The third kappa shape index (κ3) is 5.47. The molecule has 0 radical (unpaired) electrons. The van der Waals surface area contributed by atoms with E-state index in [0.717, 1.165) is 11.3 Å². The average Bonchev–Trinajstić information content (AvgIpc) is 3.50. The summed E-state index contributed by atoms with van der Waals surface area (Å²) in [5.74, 6) is -1.14. The Hall–Kier alpha value is -2.61. The number of aromatic nitrogens is 1. The third-order valence-electron chi connectivity index (χ3n) is 5.33. The van der Waals surface area contributed by atoms with Gasteiger partial charge in [0.2, 0.25) is 5.91 Å². The van der Waals surface area contributed by atoms with Crippen molar-refractivity contribution in [3.05, 3.63) is 29.1 Å². The van der Waals surface area contributed by atoms with Gasteiger partial charge in [0.15, 0.2) is 6.61 Å². The number of esters is 1. The highest BCUT2D eigenvalue weighted by Crippen LogP contribution is 2.38. The summed E-state index contributed by atoms with van der Waals surface area (Å²) in [6, 6.07) is 2.63. The van der Waals surface area contributed by atoms with Gasteiger partial charge in [-0.3, -0.25) is 9.59 Å². The van der Waals surface area contributed by atoms with Crippen LogP contribution in [-0.2, 0) is 23.9 Å². The SMILES string of the molecule is Cc1cc(/C=C/C(=O)OCC(=O)N(C)CC(=O)N2CCOCC2)c(C)n1C1CC1. The molecule has 0 aromatic carbocycles. The van der Waals surface area contributed by atoms with Gasteiger partial charge in [-0.2, -0.15) is 0 Å². The van der Waals surface area contributed by atoms with Crippen LogP contribution in [0.5, 0.6) is 0 Å². The van der Waals surface area contributed by atoms with Crippen molar-refractivity contribution in [3.63, 3.8) is 0 Å². The van der Waals surface area contributed by atoms with Crippen LogP contribution < -0.4 is 0 Å². The summed E-state index contributed by atoms with van der Waals surface area (Å²) in [7, 11) is 1.52. The highest BCUT2D eigenvalue weighted by Gasteiger charge is 2.26. The zero-order valence-corrected chi connectivity index (χ0v) is 17.3. The van der Waals surface area contributed by atoms with Crippen molar-refractivity contribution in [2.45, 2.75) is 32.7 Å². The molecule has 1 aromatic heterocycles. The van der Waals surface area contributed by atoms with Crippen molar-refractivity contribution in [2.24, 2.45) is 0 Å². The lowest BCUT2D eigenvalue weighted by Crippen LogP contribution is -2.46. The molecule has 0 atom stereocenters. The molecule has 8 heteroatoms. The van der Waals surface area contributed by atoms with Gasteiger partial charge in [-0.1, -0.05) is 0 Å². The molecule has 8 nitrogen and oxygen atoms in total. The normalized spacial score (nSPS) is 16.9. The minimum atomic E-state index is -0.581. The van der Waals surface area contributed by atoms with E-state index in [-0.39, 0.29) is 12.5 Å². The summed E-state index contributed by atoms with van der Waals surface area (Å²) in [5.41, 5.74) is 3.29. The fraction of sp³-hybridized carbons (Fsp3) is 0.571. The largest absolute Gasteiger partial charge is 0.452 e. The summed E-state index contributed by atoms with van der Waals surface area (Å²) >= 11 is 0. The van der Waals surface area contributed by atoms with Crippen LogP contribution in [-0.4, -0.2) is 78.7 Å². The molecule has 2 amide bonds. The Bertz CT molecular complexity index is 803. The Kier molecular flexibility index (Phi) is 6.74. The van der Waals surface area contributed by atoms with Crippen LogP contribution in [0, 0.1) is 13.8 Å². The highest BCUT2D eigenvalue weighted by atomic mass is 16.5. The molecule has 158 valence electrons. The molecular weight excluding hydrogens is 374 g/mol. The van der Waals surface area contributed by atoms with Crippen molar-refractivity contribution in [3.8, 4) is 0 Å². The number of carbonyl (C=O) groups excluding carboxylic acids is 3. The molecule has 0 bridgehead atoms. The molecule has 2 aliphatic rings. The Morgan fingerprint density at radius 3 is 2.59 bits per heavy atom. The number of morpholine rings is 1. The zero-order valence-electron chi connectivity index (χ0n) is 17.3. The van der Waals surface area contributed by atoms with E-state index in [1.54, 1.807) is 11.0 Å². The second-order valence-electron chi connectivity index (χ2n) is 7.61. The topological polar surface area (TPSA) is 81.1 Å². The number of ether oxygens (including phenoxy) is 2. The predicted octanol–water partition coefficient (Wildman–Crippen LogP) is 1.31. The summed E-state index contributed by atoms with van der Waals surface area (Å²) in [5, 5.41) is 0. The zero-order chi connectivity index (χ0) is 21.0. The van der Waals surface area contributed by atoms with Crippen LogP contribution in [0.3, 0.4) is 0 Å². The fourth-order valence-corrected chi connectivity index (χ4v) is 3.52. The van der Waals surface area contributed by atoms with Gasteiger partial charge in [0.25, 0.3) is 5.91 Å². The van der Waals surface area contributed by atoms with Crippen LogP contribution in [0.15, 0.2) is 12.1 Å². The third-order valence-corrected chi connectivity index (χ3v) is 5.33. The predicted molar refractivity (Wildman–Crippen MR) is 107 cm³/mol. The van der Waals surface area contributed by atoms with E-state index in [9.17, 15) is 14.4 Å². The molecule has 2 heterocycles. The number of aryl methyl sites for hydroxylation is 1. The van der Waals surface area contributed by atoms with Crippen LogP contribution in [0.25, 0.3) is 6.08 Å². The number of nitrogens with zero attached hydrogens (tertiary/aromatic N) is 3. The van der Waals surface area contributed by atoms with Gasteiger partial charge < -0.3 is 23.8 Å². The van der Waals surface area contributed by atoms with Gasteiger partial charge in [-0.25, -0.2) is 4.79 Å². The second-order valence-corrected chi connectivity index (χ2v) is 7.61. The van der Waals surface area contributed by atoms with E-state index in [2.05, 4.69) is 11.5 Å². The molecule has 1 aliphatic heterocycles. The molecule has 1 saturated carbocycles. The maximum absolute atomic E-state index is 12.2. The van der Waals surface area contributed by atoms with E-state index < -0.39 is 18.5 Å². The first-order chi connectivity index (χ1) is 13.9. The molecule has 2 fully saturated rings. The van der Waals surface area contributed by atoms with Gasteiger partial charge in [0, 0.05) is 43.6 Å². The van der Waals surface area contributed by atoms with E-state index in [4.69, 9.17) is 9.47 Å². The smallest absolute Gasteiger partial charge is 0.331 e. The minimum absolute atomic E-state index is 0.0423. The number of carbonyl (C=O) groups is 3. The summed E-state index contributed by atoms with van der Waals surface area (Å²) < 4.78 is 12.6. The number of likely N-dealkylation sites (N-methyl/N-ethyl adjacent to an activating group) is 1. The molecule has 3 rings (SSSR count). The first-order valence-corrected chi connectivity index (χ1v) is 9.99. The molecular formula is C21H29N3O5. The Morgan fingerprint density at radius 1 is 1.24 bits per heavy atom. The average molecular weight is 403 g/mol. The first kappa shape index (κ1) is 21.1. The number of hydrogen-bond acceptors (Lipinski definition) is 5. The maximum atomic E-state index is 12.2. The summed E-state index contributed by atoms with van der Waals surface area (Å²) in [6.45, 7) is 5.75. The molecule has 1 aromatic rings. The van der Waals surface area contributed by atoms with Gasteiger partial charge in [0.1, 0.15) is 0 Å². The van der Waals surface area contributed by atoms with Crippen molar-refractivity contribution in [2.75, 3.05) is 46.5 Å². The first-order valence-electron chi connectivity index (χ1n) is 9.99. The lowest BCUT2D eigenvalue weighted by Gasteiger charge is -2.28. The lowest BCUT2D eigenvalue weighted by molar-refractivity contribution is -0.149.